The average molecular weight is 213 g/mol. The van der Waals surface area contributed by atoms with E-state index < -0.39 is 7.12 Å². The fraction of sp³-hybridized carbons (Fsp3) is 0.333. The maximum atomic E-state index is 8.96. The molecule has 3 N–H and O–H groups in total. The molecule has 2 rings (SSSR count). The van der Waals surface area contributed by atoms with E-state index in [4.69, 9.17) is 10.0 Å². The molecular formula is C9H13BClNO2. The van der Waals surface area contributed by atoms with Gasteiger partial charge in [0.1, 0.15) is 0 Å². The molecule has 1 aliphatic rings. The lowest BCUT2D eigenvalue weighted by Gasteiger charge is -2.17. The molecular weight excluding hydrogens is 200 g/mol. The van der Waals surface area contributed by atoms with Gasteiger partial charge in [0, 0.05) is 6.54 Å². The lowest BCUT2D eigenvalue weighted by atomic mass is 9.78. The predicted octanol–water partition coefficient (Wildman–Crippen LogP) is -0.566. The second-order valence-corrected chi connectivity index (χ2v) is 3.33. The van der Waals surface area contributed by atoms with Crippen LogP contribution in [0.2, 0.25) is 0 Å². The van der Waals surface area contributed by atoms with Crippen LogP contribution in [-0.4, -0.2) is 23.7 Å². The molecule has 0 fully saturated rings. The van der Waals surface area contributed by atoms with Crippen LogP contribution in [0.3, 0.4) is 0 Å². The van der Waals surface area contributed by atoms with Gasteiger partial charge in [-0.1, -0.05) is 18.2 Å². The van der Waals surface area contributed by atoms with E-state index in [1.807, 2.05) is 12.1 Å². The fourth-order valence-corrected chi connectivity index (χ4v) is 1.66. The zero-order chi connectivity index (χ0) is 9.26. The summed E-state index contributed by atoms with van der Waals surface area (Å²) in [4.78, 5) is 0. The molecule has 1 aromatic carbocycles. The minimum absolute atomic E-state index is 0. The van der Waals surface area contributed by atoms with Crippen LogP contribution in [0.5, 0.6) is 0 Å². The van der Waals surface area contributed by atoms with Gasteiger partial charge in [-0.3, -0.25) is 0 Å². The van der Waals surface area contributed by atoms with Crippen molar-refractivity contribution in [2.45, 2.75) is 13.0 Å². The van der Waals surface area contributed by atoms with E-state index in [9.17, 15) is 0 Å². The third kappa shape index (κ3) is 2.28. The summed E-state index contributed by atoms with van der Waals surface area (Å²) in [5.41, 5.74) is 3.06. The van der Waals surface area contributed by atoms with E-state index in [0.29, 0.717) is 5.46 Å². The Hall–Kier alpha value is -0.545. The second-order valence-electron chi connectivity index (χ2n) is 3.33. The van der Waals surface area contributed by atoms with E-state index in [2.05, 4.69) is 5.32 Å². The van der Waals surface area contributed by atoms with Gasteiger partial charge in [-0.05, 0) is 29.6 Å². The van der Waals surface area contributed by atoms with Crippen molar-refractivity contribution in [2.24, 2.45) is 0 Å². The normalized spacial score (nSPS) is 14.1. The molecule has 0 amide bonds. The number of hydrogen-bond donors (Lipinski definition) is 3. The third-order valence-corrected chi connectivity index (χ3v) is 2.42. The minimum Gasteiger partial charge on any atom is -0.423 e. The number of nitrogens with one attached hydrogen (secondary N) is 1. The molecule has 14 heavy (non-hydrogen) atoms. The summed E-state index contributed by atoms with van der Waals surface area (Å²) in [6, 6.07) is 5.60. The standard InChI is InChI=1S/C9H12BNO2.ClH/c12-10(13)9-2-1-7-3-4-11-6-8(7)5-9;/h1-2,5,11-13H,3-4,6H2;1H. The Kier molecular flexibility index (Phi) is 3.95. The molecule has 0 spiro atoms. The summed E-state index contributed by atoms with van der Waals surface area (Å²) in [6.45, 7) is 1.84. The Morgan fingerprint density at radius 1 is 1.21 bits per heavy atom. The van der Waals surface area contributed by atoms with Gasteiger partial charge in [0.2, 0.25) is 0 Å². The maximum absolute atomic E-state index is 8.96. The van der Waals surface area contributed by atoms with Gasteiger partial charge in [-0.15, -0.1) is 12.4 Å². The first-order valence-corrected chi connectivity index (χ1v) is 4.46. The van der Waals surface area contributed by atoms with Crippen molar-refractivity contribution >= 4 is 25.0 Å². The molecule has 0 aromatic heterocycles. The molecule has 0 atom stereocenters. The van der Waals surface area contributed by atoms with E-state index in [1.54, 1.807) is 6.07 Å². The summed E-state index contributed by atoms with van der Waals surface area (Å²) < 4.78 is 0. The van der Waals surface area contributed by atoms with Gasteiger partial charge >= 0.3 is 7.12 Å². The van der Waals surface area contributed by atoms with E-state index in [-0.39, 0.29) is 12.4 Å². The lowest BCUT2D eigenvalue weighted by molar-refractivity contribution is 0.425. The second kappa shape index (κ2) is 4.80. The summed E-state index contributed by atoms with van der Waals surface area (Å²) >= 11 is 0. The molecule has 1 aromatic rings. The molecule has 0 saturated heterocycles. The fourth-order valence-electron chi connectivity index (χ4n) is 1.66. The lowest BCUT2D eigenvalue weighted by Crippen LogP contribution is -2.32. The zero-order valence-corrected chi connectivity index (χ0v) is 8.55. The Morgan fingerprint density at radius 3 is 2.71 bits per heavy atom. The highest BCUT2D eigenvalue weighted by molar-refractivity contribution is 6.58. The van der Waals surface area contributed by atoms with Gasteiger partial charge in [0.15, 0.2) is 0 Å². The van der Waals surface area contributed by atoms with Crippen LogP contribution in [-0.2, 0) is 13.0 Å². The number of benzene rings is 1. The molecule has 0 unspecified atom stereocenters. The molecule has 0 radical (unpaired) electrons. The van der Waals surface area contributed by atoms with Crippen LogP contribution in [0.4, 0.5) is 0 Å². The topological polar surface area (TPSA) is 52.5 Å². The Morgan fingerprint density at radius 2 is 2.00 bits per heavy atom. The number of fused-ring (bicyclic) bond motifs is 1. The van der Waals surface area contributed by atoms with Gasteiger partial charge in [0.25, 0.3) is 0 Å². The molecule has 76 valence electrons. The minimum atomic E-state index is -1.35. The molecule has 0 aliphatic carbocycles. The van der Waals surface area contributed by atoms with E-state index in [1.165, 1.54) is 11.1 Å². The Bertz CT molecular complexity index is 320. The van der Waals surface area contributed by atoms with Gasteiger partial charge < -0.3 is 15.4 Å². The number of rotatable bonds is 1. The van der Waals surface area contributed by atoms with Crippen LogP contribution >= 0.6 is 12.4 Å². The molecule has 1 aliphatic heterocycles. The smallest absolute Gasteiger partial charge is 0.423 e. The SMILES string of the molecule is Cl.OB(O)c1ccc2c(c1)CNCC2. The number of halogens is 1. The van der Waals surface area contributed by atoms with E-state index >= 15 is 0 Å². The van der Waals surface area contributed by atoms with Crippen molar-refractivity contribution in [1.82, 2.24) is 5.32 Å². The van der Waals surface area contributed by atoms with Gasteiger partial charge in [-0.2, -0.15) is 0 Å². The predicted molar refractivity (Wildman–Crippen MR) is 58.9 cm³/mol. The van der Waals surface area contributed by atoms with Crippen molar-refractivity contribution in [3.8, 4) is 0 Å². The van der Waals surface area contributed by atoms with Crippen molar-refractivity contribution in [2.75, 3.05) is 6.54 Å². The maximum Gasteiger partial charge on any atom is 0.488 e. The van der Waals surface area contributed by atoms with Crippen LogP contribution in [0.25, 0.3) is 0 Å². The third-order valence-electron chi connectivity index (χ3n) is 2.42. The molecule has 0 bridgehead atoms. The summed E-state index contributed by atoms with van der Waals surface area (Å²) in [5.74, 6) is 0. The largest absolute Gasteiger partial charge is 0.488 e. The van der Waals surface area contributed by atoms with E-state index in [0.717, 1.165) is 19.5 Å². The first-order chi connectivity index (χ1) is 6.27. The summed E-state index contributed by atoms with van der Waals surface area (Å²) in [7, 11) is -1.35. The highest BCUT2D eigenvalue weighted by atomic mass is 35.5. The van der Waals surface area contributed by atoms with Gasteiger partial charge in [-0.25, -0.2) is 0 Å². The van der Waals surface area contributed by atoms with Crippen molar-refractivity contribution in [3.05, 3.63) is 29.3 Å². The molecule has 1 heterocycles. The van der Waals surface area contributed by atoms with Crippen molar-refractivity contribution < 1.29 is 10.0 Å². The van der Waals surface area contributed by atoms with Crippen LogP contribution in [0.1, 0.15) is 11.1 Å². The quantitative estimate of drug-likeness (QED) is 0.548. The monoisotopic (exact) mass is 213 g/mol. The average Bonchev–Trinajstić information content (AvgIpc) is 2.17. The number of hydrogen-bond acceptors (Lipinski definition) is 3. The summed E-state index contributed by atoms with van der Waals surface area (Å²) in [6.07, 6.45) is 1.02. The van der Waals surface area contributed by atoms with Gasteiger partial charge in [0.05, 0.1) is 0 Å². The van der Waals surface area contributed by atoms with Crippen LogP contribution in [0.15, 0.2) is 18.2 Å². The van der Waals surface area contributed by atoms with Crippen LogP contribution < -0.4 is 10.8 Å². The Balaban J connectivity index is 0.000000980. The molecule has 3 nitrogen and oxygen atoms in total. The van der Waals surface area contributed by atoms with Crippen molar-refractivity contribution in [3.63, 3.8) is 0 Å². The first kappa shape index (κ1) is 11.5. The summed E-state index contributed by atoms with van der Waals surface area (Å²) in [5, 5.41) is 21.2. The van der Waals surface area contributed by atoms with Crippen LogP contribution in [0, 0.1) is 0 Å². The molecule has 5 heteroatoms. The first-order valence-electron chi connectivity index (χ1n) is 4.46. The van der Waals surface area contributed by atoms with Crippen molar-refractivity contribution in [1.29, 1.82) is 0 Å². The molecule has 0 saturated carbocycles. The zero-order valence-electron chi connectivity index (χ0n) is 7.73. The Labute approximate surface area is 89.7 Å². The highest BCUT2D eigenvalue weighted by Gasteiger charge is 2.14. The highest BCUT2D eigenvalue weighted by Crippen LogP contribution is 2.11.